The van der Waals surface area contributed by atoms with Gasteiger partial charge in [0.15, 0.2) is 0 Å². The van der Waals surface area contributed by atoms with Crippen molar-refractivity contribution in [2.45, 2.75) is 20.3 Å². The number of aromatic nitrogens is 2. The highest BCUT2D eigenvalue weighted by atomic mass is 35.5. The average Bonchev–Trinajstić information content (AvgIpc) is 1.81. The fraction of sp³-hybridized carbons (Fsp3) is 0.500. The highest BCUT2D eigenvalue weighted by Crippen LogP contribution is 2.10. The molecule has 0 aliphatic heterocycles. The summed E-state index contributed by atoms with van der Waals surface area (Å²) in [6, 6.07) is 1.55. The molecule has 66 valence electrons. The summed E-state index contributed by atoms with van der Waals surface area (Å²) < 4.78 is 0. The molecule has 0 radical (unpaired) electrons. The summed E-state index contributed by atoms with van der Waals surface area (Å²) in [4.78, 5) is 8.10. The lowest BCUT2D eigenvalue weighted by molar-refractivity contribution is 0.621. The minimum absolute atomic E-state index is 0.415. The van der Waals surface area contributed by atoms with Crippen molar-refractivity contribution in [3.8, 4) is 0 Å². The molecule has 1 rings (SSSR count). The number of anilines is 1. The Hall–Kier alpha value is -0.830. The molecule has 0 bridgehead atoms. The molecule has 3 nitrogen and oxygen atoms in total. The molecule has 1 aromatic rings. The molecule has 1 aromatic heterocycles. The van der Waals surface area contributed by atoms with Gasteiger partial charge >= 0.3 is 0 Å². The summed E-state index contributed by atoms with van der Waals surface area (Å²) in [5.74, 6) is 1.67. The fourth-order valence-corrected chi connectivity index (χ4v) is 1.15. The lowest BCUT2D eigenvalue weighted by Crippen LogP contribution is -2.03. The van der Waals surface area contributed by atoms with E-state index in [0.29, 0.717) is 16.9 Å². The van der Waals surface area contributed by atoms with Crippen LogP contribution < -0.4 is 5.73 Å². The quantitative estimate of drug-likeness (QED) is 0.717. The second kappa shape index (κ2) is 3.72. The minimum atomic E-state index is 0.415. The van der Waals surface area contributed by atoms with Crippen LogP contribution in [0.3, 0.4) is 0 Å². The van der Waals surface area contributed by atoms with E-state index in [1.807, 2.05) is 0 Å². The molecule has 0 aliphatic rings. The van der Waals surface area contributed by atoms with Crippen molar-refractivity contribution >= 4 is 17.4 Å². The van der Waals surface area contributed by atoms with Gasteiger partial charge in [0, 0.05) is 12.5 Å². The molecule has 0 aromatic carbocycles. The van der Waals surface area contributed by atoms with Crippen molar-refractivity contribution in [3.05, 3.63) is 17.0 Å². The number of nitrogen functional groups attached to an aromatic ring is 1. The second-order valence-corrected chi connectivity index (χ2v) is 3.52. The van der Waals surface area contributed by atoms with Crippen LogP contribution in [0.15, 0.2) is 6.07 Å². The fourth-order valence-electron chi connectivity index (χ4n) is 0.940. The summed E-state index contributed by atoms with van der Waals surface area (Å²) in [7, 11) is 0. The van der Waals surface area contributed by atoms with Crippen LogP contribution in [0.2, 0.25) is 5.15 Å². The van der Waals surface area contributed by atoms with E-state index in [-0.39, 0.29) is 0 Å². The number of hydrogen-bond acceptors (Lipinski definition) is 3. The third kappa shape index (κ3) is 2.66. The monoisotopic (exact) mass is 185 g/mol. The van der Waals surface area contributed by atoms with Crippen molar-refractivity contribution in [1.82, 2.24) is 9.97 Å². The normalized spacial score (nSPS) is 10.7. The van der Waals surface area contributed by atoms with Crippen molar-refractivity contribution in [2.75, 3.05) is 5.73 Å². The average molecular weight is 186 g/mol. The van der Waals surface area contributed by atoms with Crippen molar-refractivity contribution in [1.29, 1.82) is 0 Å². The van der Waals surface area contributed by atoms with Gasteiger partial charge in [0.2, 0.25) is 0 Å². The van der Waals surface area contributed by atoms with Gasteiger partial charge < -0.3 is 5.73 Å². The lowest BCUT2D eigenvalue weighted by atomic mass is 10.1. The molecule has 12 heavy (non-hydrogen) atoms. The summed E-state index contributed by atoms with van der Waals surface area (Å²) in [6.07, 6.45) is 0.810. The van der Waals surface area contributed by atoms with E-state index in [1.165, 1.54) is 0 Å². The van der Waals surface area contributed by atoms with E-state index in [9.17, 15) is 0 Å². The first-order valence-corrected chi connectivity index (χ1v) is 4.24. The molecule has 0 amide bonds. The number of nitrogens with zero attached hydrogens (tertiary/aromatic N) is 2. The molecule has 0 fully saturated rings. The largest absolute Gasteiger partial charge is 0.384 e. The van der Waals surface area contributed by atoms with Gasteiger partial charge in [0.05, 0.1) is 0 Å². The molecule has 0 saturated heterocycles. The van der Waals surface area contributed by atoms with Crippen LogP contribution in [-0.4, -0.2) is 9.97 Å². The predicted octanol–water partition coefficient (Wildman–Crippen LogP) is 1.91. The van der Waals surface area contributed by atoms with Gasteiger partial charge in [0.25, 0.3) is 0 Å². The van der Waals surface area contributed by atoms with Crippen LogP contribution in [0.5, 0.6) is 0 Å². The maximum Gasteiger partial charge on any atom is 0.134 e. The van der Waals surface area contributed by atoms with Crippen LogP contribution in [0.25, 0.3) is 0 Å². The second-order valence-electron chi connectivity index (χ2n) is 3.13. The number of halogens is 1. The van der Waals surface area contributed by atoms with E-state index < -0.39 is 0 Å². The molecule has 0 spiro atoms. The van der Waals surface area contributed by atoms with Gasteiger partial charge in [-0.05, 0) is 5.92 Å². The minimum Gasteiger partial charge on any atom is -0.384 e. The Bertz CT molecular complexity index is 253. The number of nitrogens with two attached hydrogens (primary N) is 1. The summed E-state index contributed by atoms with van der Waals surface area (Å²) in [6.45, 7) is 4.20. The number of hydrogen-bond donors (Lipinski definition) is 1. The van der Waals surface area contributed by atoms with Gasteiger partial charge in [-0.25, -0.2) is 9.97 Å². The van der Waals surface area contributed by atoms with Crippen LogP contribution in [0, 0.1) is 5.92 Å². The van der Waals surface area contributed by atoms with Gasteiger partial charge in [-0.15, -0.1) is 0 Å². The SMILES string of the molecule is CC(C)Cc1nc(N)cc(Cl)n1. The molecule has 2 N–H and O–H groups in total. The zero-order chi connectivity index (χ0) is 9.14. The first-order chi connectivity index (χ1) is 5.58. The maximum absolute atomic E-state index is 5.70. The maximum atomic E-state index is 5.70. The third-order valence-corrected chi connectivity index (χ3v) is 1.55. The van der Waals surface area contributed by atoms with E-state index in [2.05, 4.69) is 23.8 Å². The smallest absolute Gasteiger partial charge is 0.134 e. The first kappa shape index (κ1) is 9.26. The molecule has 1 heterocycles. The van der Waals surface area contributed by atoms with E-state index in [0.717, 1.165) is 12.2 Å². The zero-order valence-electron chi connectivity index (χ0n) is 7.21. The highest BCUT2D eigenvalue weighted by molar-refractivity contribution is 6.29. The predicted molar refractivity (Wildman–Crippen MR) is 50.0 cm³/mol. The Kier molecular flexibility index (Phi) is 2.87. The molecular weight excluding hydrogens is 174 g/mol. The standard InChI is InChI=1S/C8H12ClN3/c1-5(2)3-8-11-6(9)4-7(10)12-8/h4-5H,3H2,1-2H3,(H2,10,11,12). The Morgan fingerprint density at radius 3 is 2.67 bits per heavy atom. The van der Waals surface area contributed by atoms with Gasteiger partial charge in [0.1, 0.15) is 16.8 Å². The highest BCUT2D eigenvalue weighted by Gasteiger charge is 2.03. The van der Waals surface area contributed by atoms with Crippen molar-refractivity contribution in [2.24, 2.45) is 5.92 Å². The Balaban J connectivity index is 2.85. The zero-order valence-corrected chi connectivity index (χ0v) is 7.97. The van der Waals surface area contributed by atoms with Crippen LogP contribution in [0.1, 0.15) is 19.7 Å². The van der Waals surface area contributed by atoms with Gasteiger partial charge in [-0.2, -0.15) is 0 Å². The number of rotatable bonds is 2. The Morgan fingerprint density at radius 1 is 1.50 bits per heavy atom. The molecule has 0 unspecified atom stereocenters. The van der Waals surface area contributed by atoms with Crippen LogP contribution >= 0.6 is 11.6 Å². The molecule has 0 saturated carbocycles. The summed E-state index contributed by atoms with van der Waals surface area (Å²) in [5.41, 5.74) is 5.50. The first-order valence-electron chi connectivity index (χ1n) is 3.87. The summed E-state index contributed by atoms with van der Waals surface area (Å²) in [5, 5.41) is 0.415. The molecule has 0 atom stereocenters. The lowest BCUT2D eigenvalue weighted by Gasteiger charge is -2.03. The summed E-state index contributed by atoms with van der Waals surface area (Å²) >= 11 is 5.70. The third-order valence-electron chi connectivity index (χ3n) is 1.35. The van der Waals surface area contributed by atoms with E-state index in [4.69, 9.17) is 17.3 Å². The van der Waals surface area contributed by atoms with Crippen molar-refractivity contribution in [3.63, 3.8) is 0 Å². The molecule has 0 aliphatic carbocycles. The van der Waals surface area contributed by atoms with E-state index in [1.54, 1.807) is 6.07 Å². The molecular formula is C8H12ClN3. The van der Waals surface area contributed by atoms with Crippen LogP contribution in [-0.2, 0) is 6.42 Å². The Morgan fingerprint density at radius 2 is 2.17 bits per heavy atom. The van der Waals surface area contributed by atoms with Crippen molar-refractivity contribution < 1.29 is 0 Å². The van der Waals surface area contributed by atoms with E-state index >= 15 is 0 Å². The topological polar surface area (TPSA) is 51.8 Å². The Labute approximate surface area is 77.0 Å². The van der Waals surface area contributed by atoms with Crippen LogP contribution in [0.4, 0.5) is 5.82 Å². The van der Waals surface area contributed by atoms with Gasteiger partial charge in [-0.3, -0.25) is 0 Å². The molecule has 4 heteroatoms. The van der Waals surface area contributed by atoms with Gasteiger partial charge in [-0.1, -0.05) is 25.4 Å².